The van der Waals surface area contributed by atoms with Gasteiger partial charge in [0.2, 0.25) is 0 Å². The van der Waals surface area contributed by atoms with Crippen LogP contribution in [0.4, 0.5) is 18.9 Å². The minimum atomic E-state index is -4.54. The molecule has 2 amide bonds. The van der Waals surface area contributed by atoms with Crippen LogP contribution in [0.25, 0.3) is 0 Å². The van der Waals surface area contributed by atoms with Gasteiger partial charge in [0.25, 0.3) is 11.8 Å². The fraction of sp³-hybridized carbons (Fsp3) is 0.333. The molecule has 1 fully saturated rings. The van der Waals surface area contributed by atoms with Crippen LogP contribution < -0.4 is 15.0 Å². The number of para-hydroxylation sites is 1. The number of methoxy groups -OCH3 is 1. The van der Waals surface area contributed by atoms with E-state index in [4.69, 9.17) is 4.74 Å². The Morgan fingerprint density at radius 1 is 1.10 bits per heavy atom. The summed E-state index contributed by atoms with van der Waals surface area (Å²) in [5, 5.41) is 2.36. The summed E-state index contributed by atoms with van der Waals surface area (Å²) in [4.78, 5) is 27.5. The van der Waals surface area contributed by atoms with E-state index in [1.807, 2.05) is 0 Å². The summed E-state index contributed by atoms with van der Waals surface area (Å²) in [6.07, 6.45) is -4.54. The van der Waals surface area contributed by atoms with Crippen LogP contribution in [0.1, 0.15) is 15.9 Å². The average Bonchev–Trinajstić information content (AvgIpc) is 2.73. The number of carbonyl (C=O) groups excluding carboxylic acids is 2. The second kappa shape index (κ2) is 9.17. The van der Waals surface area contributed by atoms with E-state index in [2.05, 4.69) is 5.32 Å². The van der Waals surface area contributed by atoms with Crippen molar-refractivity contribution in [2.45, 2.75) is 6.18 Å². The molecule has 0 radical (unpaired) electrons. The zero-order valence-corrected chi connectivity index (χ0v) is 16.5. The standard InChI is InChI=1S/C21H22F3N3O3/c1-30-16-6-4-5-15(13-16)20(29)27-11-9-26(10-12-27)14-19(28)25-18-8-3-2-7-17(18)21(22,23)24/h2-8,13H,9-12,14H2,1H3,(H,25,28)/p+1. The number of quaternary nitrogens is 1. The number of rotatable bonds is 5. The molecule has 0 bridgehead atoms. The van der Waals surface area contributed by atoms with E-state index in [1.165, 1.54) is 25.3 Å². The van der Waals surface area contributed by atoms with Crippen LogP contribution in [-0.4, -0.2) is 56.5 Å². The molecular formula is C21H23F3N3O3+. The molecule has 0 spiro atoms. The van der Waals surface area contributed by atoms with Crippen molar-refractivity contribution in [2.24, 2.45) is 0 Å². The number of anilines is 1. The van der Waals surface area contributed by atoms with Crippen molar-refractivity contribution in [1.82, 2.24) is 4.90 Å². The van der Waals surface area contributed by atoms with Crippen molar-refractivity contribution in [2.75, 3.05) is 45.2 Å². The van der Waals surface area contributed by atoms with Crippen LogP contribution in [0, 0.1) is 0 Å². The summed E-state index contributed by atoms with van der Waals surface area (Å²) >= 11 is 0. The number of nitrogens with one attached hydrogen (secondary N) is 2. The van der Waals surface area contributed by atoms with E-state index in [0.717, 1.165) is 11.0 Å². The largest absolute Gasteiger partial charge is 0.497 e. The summed E-state index contributed by atoms with van der Waals surface area (Å²) in [7, 11) is 1.53. The fourth-order valence-electron chi connectivity index (χ4n) is 3.40. The predicted octanol–water partition coefficient (Wildman–Crippen LogP) is 1.69. The Morgan fingerprint density at radius 3 is 2.47 bits per heavy atom. The second-order valence-electron chi connectivity index (χ2n) is 7.04. The molecule has 9 heteroatoms. The normalized spacial score (nSPS) is 15.0. The van der Waals surface area contributed by atoms with Gasteiger partial charge in [-0.15, -0.1) is 0 Å². The lowest BCUT2D eigenvalue weighted by molar-refractivity contribution is -0.895. The van der Waals surface area contributed by atoms with Crippen molar-refractivity contribution in [1.29, 1.82) is 0 Å². The maximum atomic E-state index is 13.1. The maximum Gasteiger partial charge on any atom is 0.418 e. The number of nitrogens with zero attached hydrogens (tertiary/aromatic N) is 1. The lowest BCUT2D eigenvalue weighted by atomic mass is 10.1. The lowest BCUT2D eigenvalue weighted by Gasteiger charge is -2.32. The molecule has 6 nitrogen and oxygen atoms in total. The maximum absolute atomic E-state index is 13.1. The third-order valence-corrected chi connectivity index (χ3v) is 4.99. The molecule has 0 aromatic heterocycles. The number of piperazine rings is 1. The summed E-state index contributed by atoms with van der Waals surface area (Å²) in [6, 6.07) is 11.8. The first-order valence-electron chi connectivity index (χ1n) is 9.51. The molecule has 2 aromatic carbocycles. The number of alkyl halides is 3. The van der Waals surface area contributed by atoms with Gasteiger partial charge in [-0.1, -0.05) is 18.2 Å². The molecule has 0 saturated carbocycles. The van der Waals surface area contributed by atoms with Crippen LogP contribution in [0.5, 0.6) is 5.75 Å². The monoisotopic (exact) mass is 422 g/mol. The highest BCUT2D eigenvalue weighted by Gasteiger charge is 2.34. The predicted molar refractivity (Wildman–Crippen MR) is 105 cm³/mol. The molecule has 0 atom stereocenters. The summed E-state index contributed by atoms with van der Waals surface area (Å²) in [5.41, 5.74) is -0.595. The first-order chi connectivity index (χ1) is 14.3. The zero-order valence-electron chi connectivity index (χ0n) is 16.5. The highest BCUT2D eigenvalue weighted by molar-refractivity contribution is 5.94. The number of benzene rings is 2. The van der Waals surface area contributed by atoms with Crippen LogP contribution in [0.15, 0.2) is 48.5 Å². The van der Waals surface area contributed by atoms with Gasteiger partial charge in [-0.3, -0.25) is 9.59 Å². The molecule has 1 aliphatic heterocycles. The molecule has 1 aliphatic rings. The molecule has 2 aromatic rings. The Bertz CT molecular complexity index is 910. The quantitative estimate of drug-likeness (QED) is 0.771. The fourth-order valence-corrected chi connectivity index (χ4v) is 3.40. The van der Waals surface area contributed by atoms with E-state index < -0.39 is 17.6 Å². The van der Waals surface area contributed by atoms with Crippen LogP contribution >= 0.6 is 0 Å². The smallest absolute Gasteiger partial charge is 0.418 e. The highest BCUT2D eigenvalue weighted by atomic mass is 19.4. The van der Waals surface area contributed by atoms with E-state index in [-0.39, 0.29) is 18.1 Å². The average molecular weight is 422 g/mol. The number of hydrogen-bond donors (Lipinski definition) is 2. The molecule has 0 unspecified atom stereocenters. The highest BCUT2D eigenvalue weighted by Crippen LogP contribution is 2.34. The Labute approximate surface area is 172 Å². The number of carbonyl (C=O) groups is 2. The van der Waals surface area contributed by atoms with E-state index in [1.54, 1.807) is 29.2 Å². The van der Waals surface area contributed by atoms with Gasteiger partial charge < -0.3 is 19.9 Å². The van der Waals surface area contributed by atoms with Crippen LogP contribution in [0.3, 0.4) is 0 Å². The lowest BCUT2D eigenvalue weighted by Crippen LogP contribution is -3.15. The number of amides is 2. The Balaban J connectivity index is 1.54. The Kier molecular flexibility index (Phi) is 6.61. The molecule has 1 heterocycles. The summed E-state index contributed by atoms with van der Waals surface area (Å²) in [5.74, 6) is -0.00769. The summed E-state index contributed by atoms with van der Waals surface area (Å²) < 4.78 is 44.3. The van der Waals surface area contributed by atoms with Gasteiger partial charge in [-0.25, -0.2) is 0 Å². The molecular weight excluding hydrogens is 399 g/mol. The third-order valence-electron chi connectivity index (χ3n) is 4.99. The van der Waals surface area contributed by atoms with Crippen molar-refractivity contribution < 1.29 is 32.4 Å². The molecule has 3 rings (SSSR count). The van der Waals surface area contributed by atoms with Crippen molar-refractivity contribution in [3.8, 4) is 5.75 Å². The van der Waals surface area contributed by atoms with Crippen LogP contribution in [0.2, 0.25) is 0 Å². The van der Waals surface area contributed by atoms with E-state index in [9.17, 15) is 22.8 Å². The van der Waals surface area contributed by atoms with Crippen molar-refractivity contribution in [3.63, 3.8) is 0 Å². The Morgan fingerprint density at radius 2 is 1.80 bits per heavy atom. The minimum Gasteiger partial charge on any atom is -0.497 e. The molecule has 30 heavy (non-hydrogen) atoms. The Hall–Kier alpha value is -3.07. The van der Waals surface area contributed by atoms with Crippen molar-refractivity contribution >= 4 is 17.5 Å². The van der Waals surface area contributed by atoms with Crippen LogP contribution in [-0.2, 0) is 11.0 Å². The van der Waals surface area contributed by atoms with E-state index in [0.29, 0.717) is 37.5 Å². The van der Waals surface area contributed by atoms with Gasteiger partial charge in [-0.2, -0.15) is 13.2 Å². The molecule has 2 N–H and O–H groups in total. The van der Waals surface area contributed by atoms with Gasteiger partial charge >= 0.3 is 6.18 Å². The first-order valence-corrected chi connectivity index (χ1v) is 9.51. The van der Waals surface area contributed by atoms with Gasteiger partial charge in [-0.05, 0) is 30.3 Å². The third kappa shape index (κ3) is 5.29. The molecule has 160 valence electrons. The van der Waals surface area contributed by atoms with E-state index >= 15 is 0 Å². The molecule has 0 aliphatic carbocycles. The SMILES string of the molecule is COc1cccc(C(=O)N2CC[NH+](CC(=O)Nc3ccccc3C(F)(F)F)CC2)c1. The van der Waals surface area contributed by atoms with Gasteiger partial charge in [0, 0.05) is 5.56 Å². The number of halogens is 3. The van der Waals surface area contributed by atoms with Gasteiger partial charge in [0.15, 0.2) is 6.54 Å². The van der Waals surface area contributed by atoms with Gasteiger partial charge in [0.1, 0.15) is 5.75 Å². The minimum absolute atomic E-state index is 0.0351. The first kappa shape index (κ1) is 21.6. The number of ether oxygens (including phenoxy) is 1. The summed E-state index contributed by atoms with van der Waals surface area (Å²) in [6.45, 7) is 2.01. The second-order valence-corrected chi connectivity index (χ2v) is 7.04. The zero-order chi connectivity index (χ0) is 21.7. The topological polar surface area (TPSA) is 63.1 Å². The van der Waals surface area contributed by atoms with Gasteiger partial charge in [0.05, 0.1) is 44.5 Å². The molecule has 1 saturated heterocycles. The van der Waals surface area contributed by atoms with Crippen molar-refractivity contribution in [3.05, 3.63) is 59.7 Å². The number of hydrogen-bond acceptors (Lipinski definition) is 3.